The summed E-state index contributed by atoms with van der Waals surface area (Å²) in [6.07, 6.45) is 0. The highest BCUT2D eigenvalue weighted by atomic mass is 35.5. The molecule has 6 nitrogen and oxygen atoms in total. The van der Waals surface area contributed by atoms with Crippen molar-refractivity contribution in [1.82, 2.24) is 9.97 Å². The molecule has 2 N–H and O–H groups in total. The number of anilines is 2. The summed E-state index contributed by atoms with van der Waals surface area (Å²) in [5.74, 6) is 0.193. The molecular formula is C16H13Cl3N4O2S. The molecule has 0 atom stereocenters. The molecule has 1 heterocycles. The van der Waals surface area contributed by atoms with Crippen LogP contribution in [0.25, 0.3) is 10.9 Å². The third-order valence-corrected chi connectivity index (χ3v) is 5.37. The Labute approximate surface area is 165 Å². The van der Waals surface area contributed by atoms with Gasteiger partial charge < -0.3 is 5.32 Å². The molecule has 0 aliphatic carbocycles. The van der Waals surface area contributed by atoms with E-state index in [1.54, 1.807) is 42.5 Å². The number of aromatic nitrogens is 2. The van der Waals surface area contributed by atoms with E-state index in [2.05, 4.69) is 20.0 Å². The van der Waals surface area contributed by atoms with Crippen LogP contribution in [-0.2, 0) is 10.0 Å². The molecule has 0 saturated heterocycles. The number of fused-ring (bicyclic) bond motifs is 1. The molecule has 2 aromatic carbocycles. The Balaban J connectivity index is 1.76. The summed E-state index contributed by atoms with van der Waals surface area (Å²) in [7, 11) is -3.53. The summed E-state index contributed by atoms with van der Waals surface area (Å²) in [6, 6.07) is 11.8. The van der Waals surface area contributed by atoms with Gasteiger partial charge in [-0.05, 0) is 35.9 Å². The number of rotatable bonds is 6. The highest BCUT2D eigenvalue weighted by Crippen LogP contribution is 2.31. The van der Waals surface area contributed by atoms with Crippen molar-refractivity contribution in [2.45, 2.75) is 0 Å². The van der Waals surface area contributed by atoms with E-state index < -0.39 is 10.0 Å². The Hall–Kier alpha value is -1.80. The van der Waals surface area contributed by atoms with Gasteiger partial charge in [-0.3, -0.25) is 4.72 Å². The second-order valence-corrected chi connectivity index (χ2v) is 8.36. The highest BCUT2D eigenvalue weighted by molar-refractivity contribution is 7.92. The summed E-state index contributed by atoms with van der Waals surface area (Å²) in [5.41, 5.74) is 0.936. The van der Waals surface area contributed by atoms with Gasteiger partial charge >= 0.3 is 0 Å². The molecule has 0 unspecified atom stereocenters. The normalized spacial score (nSPS) is 11.5. The Morgan fingerprint density at radius 3 is 2.46 bits per heavy atom. The Kier molecular flexibility index (Phi) is 5.72. The van der Waals surface area contributed by atoms with Crippen molar-refractivity contribution < 1.29 is 8.42 Å². The van der Waals surface area contributed by atoms with Crippen molar-refractivity contribution in [1.29, 1.82) is 0 Å². The third-order valence-electron chi connectivity index (χ3n) is 3.40. The van der Waals surface area contributed by atoms with Crippen LogP contribution in [0.4, 0.5) is 11.5 Å². The molecule has 0 spiro atoms. The van der Waals surface area contributed by atoms with Gasteiger partial charge in [-0.1, -0.05) is 41.4 Å². The summed E-state index contributed by atoms with van der Waals surface area (Å²) in [6.45, 7) is 0.106. The van der Waals surface area contributed by atoms with Crippen molar-refractivity contribution in [3.8, 4) is 0 Å². The van der Waals surface area contributed by atoms with Gasteiger partial charge in [-0.15, -0.1) is 0 Å². The first-order valence-corrected chi connectivity index (χ1v) is 10.2. The maximum atomic E-state index is 12.2. The quantitative estimate of drug-likeness (QED) is 0.564. The average Bonchev–Trinajstić information content (AvgIpc) is 2.56. The molecule has 0 saturated carbocycles. The zero-order chi connectivity index (χ0) is 18.7. The van der Waals surface area contributed by atoms with E-state index in [1.165, 1.54) is 0 Å². The van der Waals surface area contributed by atoms with E-state index in [4.69, 9.17) is 34.8 Å². The van der Waals surface area contributed by atoms with Crippen molar-refractivity contribution in [3.05, 3.63) is 57.8 Å². The van der Waals surface area contributed by atoms with Crippen molar-refractivity contribution >= 4 is 67.2 Å². The summed E-state index contributed by atoms with van der Waals surface area (Å²) < 4.78 is 26.9. The van der Waals surface area contributed by atoms with Crippen LogP contribution in [-0.4, -0.2) is 30.7 Å². The minimum absolute atomic E-state index is 0.00510. The summed E-state index contributed by atoms with van der Waals surface area (Å²) in [4.78, 5) is 8.18. The molecule has 10 heteroatoms. The summed E-state index contributed by atoms with van der Waals surface area (Å²) in [5, 5.41) is 4.25. The first kappa shape index (κ1) is 19.0. The van der Waals surface area contributed by atoms with Gasteiger partial charge in [0.05, 0.1) is 16.3 Å². The lowest BCUT2D eigenvalue weighted by atomic mass is 10.2. The third kappa shape index (κ3) is 4.67. The van der Waals surface area contributed by atoms with Crippen LogP contribution in [0, 0.1) is 0 Å². The Morgan fingerprint density at radius 2 is 1.73 bits per heavy atom. The van der Waals surface area contributed by atoms with Crippen molar-refractivity contribution in [3.63, 3.8) is 0 Å². The first-order chi connectivity index (χ1) is 12.3. The maximum absolute atomic E-state index is 12.2. The van der Waals surface area contributed by atoms with E-state index >= 15 is 0 Å². The predicted molar refractivity (Wildman–Crippen MR) is 107 cm³/mol. The molecular weight excluding hydrogens is 419 g/mol. The fourth-order valence-corrected chi connectivity index (χ4v) is 3.98. The average molecular weight is 432 g/mol. The minimum Gasteiger partial charge on any atom is -0.368 e. The molecule has 0 radical (unpaired) electrons. The fraction of sp³-hybridized carbons (Fsp3) is 0.125. The number of hydrogen-bond donors (Lipinski definition) is 2. The second kappa shape index (κ2) is 7.84. The van der Waals surface area contributed by atoms with Gasteiger partial charge in [0.15, 0.2) is 0 Å². The van der Waals surface area contributed by atoms with Crippen molar-refractivity contribution in [2.24, 2.45) is 0 Å². The van der Waals surface area contributed by atoms with Gasteiger partial charge in [0, 0.05) is 22.6 Å². The molecule has 0 bridgehead atoms. The number of sulfonamides is 1. The van der Waals surface area contributed by atoms with Gasteiger partial charge in [0.1, 0.15) is 5.82 Å². The van der Waals surface area contributed by atoms with Crippen LogP contribution >= 0.6 is 34.8 Å². The zero-order valence-corrected chi connectivity index (χ0v) is 16.3. The monoisotopic (exact) mass is 430 g/mol. The molecule has 0 amide bonds. The predicted octanol–water partition coefficient (Wildman–Crippen LogP) is 4.44. The molecule has 0 fully saturated rings. The second-order valence-electron chi connectivity index (χ2n) is 5.34. The molecule has 26 heavy (non-hydrogen) atoms. The molecule has 136 valence electrons. The first-order valence-electron chi connectivity index (χ1n) is 7.46. The van der Waals surface area contributed by atoms with Crippen LogP contribution in [0.5, 0.6) is 0 Å². The smallest absolute Gasteiger partial charge is 0.234 e. The highest BCUT2D eigenvalue weighted by Gasteiger charge is 2.13. The fourth-order valence-electron chi connectivity index (χ4n) is 2.31. The van der Waals surface area contributed by atoms with E-state index in [0.717, 1.165) is 0 Å². The number of hydrogen-bond acceptors (Lipinski definition) is 5. The van der Waals surface area contributed by atoms with Crippen LogP contribution in [0.2, 0.25) is 15.3 Å². The lowest BCUT2D eigenvalue weighted by molar-refractivity contribution is 0.601. The van der Waals surface area contributed by atoms with Gasteiger partial charge in [0.25, 0.3) is 0 Å². The van der Waals surface area contributed by atoms with Gasteiger partial charge in [-0.25, -0.2) is 18.4 Å². The lowest BCUT2D eigenvalue weighted by Gasteiger charge is -2.11. The summed E-state index contributed by atoms with van der Waals surface area (Å²) >= 11 is 18.1. The maximum Gasteiger partial charge on any atom is 0.234 e. The molecule has 0 aliphatic rings. The standard InChI is InChI=1S/C16H13Cl3N4O2S/c17-10-8-12-14(13(18)9-10)21-16(19)22-15(12)20-6-7-26(24,25)23-11-4-2-1-3-5-11/h1-5,8-9,23H,6-7H2,(H,20,21,22). The van der Waals surface area contributed by atoms with Crippen LogP contribution in [0.15, 0.2) is 42.5 Å². The molecule has 3 rings (SSSR count). The van der Waals surface area contributed by atoms with Gasteiger partial charge in [-0.2, -0.15) is 0 Å². The molecule has 3 aromatic rings. The van der Waals surface area contributed by atoms with E-state index in [0.29, 0.717) is 32.5 Å². The van der Waals surface area contributed by atoms with Crippen LogP contribution in [0.1, 0.15) is 0 Å². The number of para-hydroxylation sites is 1. The SMILES string of the molecule is O=S(=O)(CCNc1nc(Cl)nc2c(Cl)cc(Cl)cc12)Nc1ccccc1. The number of benzene rings is 2. The van der Waals surface area contributed by atoms with Gasteiger partial charge in [0.2, 0.25) is 15.3 Å². The number of nitrogens with zero attached hydrogens (tertiary/aromatic N) is 2. The number of halogens is 3. The minimum atomic E-state index is -3.53. The largest absolute Gasteiger partial charge is 0.368 e. The van der Waals surface area contributed by atoms with E-state index in [-0.39, 0.29) is 17.6 Å². The van der Waals surface area contributed by atoms with E-state index in [9.17, 15) is 8.42 Å². The van der Waals surface area contributed by atoms with Crippen LogP contribution < -0.4 is 10.0 Å². The Morgan fingerprint density at radius 1 is 1.00 bits per heavy atom. The molecule has 1 aromatic heterocycles. The number of nitrogens with one attached hydrogen (secondary N) is 2. The molecule has 0 aliphatic heterocycles. The van der Waals surface area contributed by atoms with E-state index in [1.807, 2.05) is 0 Å². The van der Waals surface area contributed by atoms with Crippen molar-refractivity contribution in [2.75, 3.05) is 22.3 Å². The Bertz CT molecular complexity index is 1050. The van der Waals surface area contributed by atoms with Crippen LogP contribution in [0.3, 0.4) is 0 Å². The zero-order valence-electron chi connectivity index (χ0n) is 13.2. The topological polar surface area (TPSA) is 84.0 Å². The lowest BCUT2D eigenvalue weighted by Crippen LogP contribution is -2.22.